The Hall–Kier alpha value is -1.09. The highest BCUT2D eigenvalue weighted by Gasteiger charge is 2.43. The van der Waals surface area contributed by atoms with Crippen LogP contribution in [0.5, 0.6) is 0 Å². The molecule has 0 spiro atoms. The summed E-state index contributed by atoms with van der Waals surface area (Å²) < 4.78 is 13.6. The highest BCUT2D eigenvalue weighted by Crippen LogP contribution is 2.46. The lowest BCUT2D eigenvalue weighted by atomic mass is 9.94. The van der Waals surface area contributed by atoms with Gasteiger partial charge in [0.05, 0.1) is 5.92 Å². The predicted molar refractivity (Wildman–Crippen MR) is 63.7 cm³/mol. The number of benzene rings is 1. The van der Waals surface area contributed by atoms with Gasteiger partial charge >= 0.3 is 5.97 Å². The van der Waals surface area contributed by atoms with Crippen LogP contribution in [0.4, 0.5) is 4.39 Å². The van der Waals surface area contributed by atoms with Gasteiger partial charge in [-0.05, 0) is 36.8 Å². The number of halogens is 2. The van der Waals surface area contributed by atoms with E-state index in [1.165, 1.54) is 6.07 Å². The minimum Gasteiger partial charge on any atom is -0.481 e. The quantitative estimate of drug-likeness (QED) is 0.892. The summed E-state index contributed by atoms with van der Waals surface area (Å²) in [6.45, 7) is 1.89. The molecule has 92 valence electrons. The van der Waals surface area contributed by atoms with Crippen LogP contribution < -0.4 is 0 Å². The van der Waals surface area contributed by atoms with E-state index in [0.29, 0.717) is 23.4 Å². The van der Waals surface area contributed by atoms with Crippen molar-refractivity contribution < 1.29 is 14.3 Å². The summed E-state index contributed by atoms with van der Waals surface area (Å²) >= 11 is 5.97. The molecule has 1 saturated carbocycles. The Kier molecular flexibility index (Phi) is 3.38. The molecule has 1 N–H and O–H groups in total. The van der Waals surface area contributed by atoms with Gasteiger partial charge in [-0.15, -0.1) is 0 Å². The number of carboxylic acid groups (broad SMARTS) is 1. The van der Waals surface area contributed by atoms with E-state index in [1.54, 1.807) is 12.1 Å². The number of carboxylic acids is 1. The molecule has 2 nitrogen and oxygen atoms in total. The molecule has 0 aliphatic heterocycles. The monoisotopic (exact) mass is 256 g/mol. The maximum atomic E-state index is 13.6. The van der Waals surface area contributed by atoms with Crippen LogP contribution >= 0.6 is 11.6 Å². The first-order valence-electron chi connectivity index (χ1n) is 5.67. The fourth-order valence-electron chi connectivity index (χ4n) is 2.36. The third-order valence-corrected chi connectivity index (χ3v) is 3.72. The van der Waals surface area contributed by atoms with Crippen molar-refractivity contribution in [2.75, 3.05) is 0 Å². The first-order valence-corrected chi connectivity index (χ1v) is 6.05. The zero-order valence-electron chi connectivity index (χ0n) is 9.49. The van der Waals surface area contributed by atoms with Gasteiger partial charge in [0.2, 0.25) is 0 Å². The second kappa shape index (κ2) is 4.65. The lowest BCUT2D eigenvalue weighted by molar-refractivity contribution is -0.138. The van der Waals surface area contributed by atoms with Gasteiger partial charge in [0.15, 0.2) is 0 Å². The van der Waals surface area contributed by atoms with Crippen LogP contribution in [0.3, 0.4) is 0 Å². The molecule has 2 rings (SSSR count). The summed E-state index contributed by atoms with van der Waals surface area (Å²) in [5, 5.41) is 9.24. The van der Waals surface area contributed by atoms with Crippen molar-refractivity contribution in [1.29, 1.82) is 0 Å². The number of rotatable bonds is 4. The Bertz CT molecular complexity index is 427. The molecule has 0 heterocycles. The SMILES string of the molecule is CC(CC1CC1C(=O)O)c1c(F)cccc1Cl. The smallest absolute Gasteiger partial charge is 0.306 e. The molecule has 0 amide bonds. The first-order chi connectivity index (χ1) is 8.00. The maximum absolute atomic E-state index is 13.6. The Morgan fingerprint density at radius 1 is 1.65 bits per heavy atom. The lowest BCUT2D eigenvalue weighted by Crippen LogP contribution is -2.04. The molecule has 0 bridgehead atoms. The van der Waals surface area contributed by atoms with Crippen molar-refractivity contribution in [2.45, 2.75) is 25.7 Å². The summed E-state index contributed by atoms with van der Waals surface area (Å²) in [5.41, 5.74) is 0.505. The number of hydrogen-bond acceptors (Lipinski definition) is 1. The van der Waals surface area contributed by atoms with Crippen molar-refractivity contribution in [3.63, 3.8) is 0 Å². The van der Waals surface area contributed by atoms with Gasteiger partial charge in [-0.1, -0.05) is 24.6 Å². The Morgan fingerprint density at radius 3 is 2.88 bits per heavy atom. The maximum Gasteiger partial charge on any atom is 0.306 e. The minimum atomic E-state index is -0.748. The second-order valence-electron chi connectivity index (χ2n) is 4.71. The van der Waals surface area contributed by atoms with Gasteiger partial charge < -0.3 is 5.11 Å². The zero-order chi connectivity index (χ0) is 12.6. The van der Waals surface area contributed by atoms with Crippen LogP contribution in [0.25, 0.3) is 0 Å². The molecule has 1 aliphatic rings. The Balaban J connectivity index is 2.06. The van der Waals surface area contributed by atoms with E-state index in [0.717, 1.165) is 0 Å². The average molecular weight is 257 g/mol. The highest BCUT2D eigenvalue weighted by atomic mass is 35.5. The summed E-state index contributed by atoms with van der Waals surface area (Å²) in [7, 11) is 0. The Morgan fingerprint density at radius 2 is 2.35 bits per heavy atom. The van der Waals surface area contributed by atoms with Gasteiger partial charge in [0.25, 0.3) is 0 Å². The molecular weight excluding hydrogens is 243 g/mol. The number of carbonyl (C=O) groups is 1. The van der Waals surface area contributed by atoms with Crippen molar-refractivity contribution in [3.05, 3.63) is 34.6 Å². The summed E-state index contributed by atoms with van der Waals surface area (Å²) in [4.78, 5) is 10.7. The van der Waals surface area contributed by atoms with Crippen molar-refractivity contribution in [1.82, 2.24) is 0 Å². The van der Waals surface area contributed by atoms with Crippen LogP contribution in [0.2, 0.25) is 5.02 Å². The summed E-state index contributed by atoms with van der Waals surface area (Å²) in [6.07, 6.45) is 1.38. The van der Waals surface area contributed by atoms with Crippen molar-refractivity contribution >= 4 is 17.6 Å². The van der Waals surface area contributed by atoms with Crippen LogP contribution in [0.15, 0.2) is 18.2 Å². The van der Waals surface area contributed by atoms with E-state index in [-0.39, 0.29) is 23.6 Å². The zero-order valence-corrected chi connectivity index (χ0v) is 10.2. The van der Waals surface area contributed by atoms with Crippen molar-refractivity contribution in [2.24, 2.45) is 11.8 Å². The third kappa shape index (κ3) is 2.60. The van der Waals surface area contributed by atoms with Crippen LogP contribution in [0.1, 0.15) is 31.2 Å². The largest absolute Gasteiger partial charge is 0.481 e. The standard InChI is InChI=1S/C13H14ClFO2/c1-7(5-8-6-9(8)13(16)17)12-10(14)3-2-4-11(12)15/h2-4,7-9H,5-6H2,1H3,(H,16,17). The molecule has 1 aromatic carbocycles. The first kappa shape index (κ1) is 12.4. The molecule has 1 fully saturated rings. The number of aliphatic carboxylic acids is 1. The molecule has 1 aliphatic carbocycles. The van der Waals surface area contributed by atoms with E-state index in [4.69, 9.17) is 16.7 Å². The molecule has 17 heavy (non-hydrogen) atoms. The minimum absolute atomic E-state index is 0.0435. The topological polar surface area (TPSA) is 37.3 Å². The molecule has 3 unspecified atom stereocenters. The molecule has 4 heteroatoms. The summed E-state index contributed by atoms with van der Waals surface area (Å²) in [6, 6.07) is 4.63. The predicted octanol–water partition coefficient (Wildman–Crippen LogP) is 3.69. The summed E-state index contributed by atoms with van der Waals surface area (Å²) in [5.74, 6) is -1.18. The molecule has 0 saturated heterocycles. The van der Waals surface area contributed by atoms with Crippen LogP contribution in [0, 0.1) is 17.7 Å². The van der Waals surface area contributed by atoms with E-state index >= 15 is 0 Å². The van der Waals surface area contributed by atoms with Gasteiger partial charge in [0.1, 0.15) is 5.82 Å². The third-order valence-electron chi connectivity index (χ3n) is 3.39. The Labute approximate surface area is 104 Å². The highest BCUT2D eigenvalue weighted by molar-refractivity contribution is 6.31. The van der Waals surface area contributed by atoms with E-state index in [9.17, 15) is 9.18 Å². The van der Waals surface area contributed by atoms with Gasteiger partial charge in [-0.25, -0.2) is 4.39 Å². The van der Waals surface area contributed by atoms with E-state index in [1.807, 2.05) is 6.92 Å². The second-order valence-corrected chi connectivity index (χ2v) is 5.12. The molecule has 0 radical (unpaired) electrons. The van der Waals surface area contributed by atoms with E-state index in [2.05, 4.69) is 0 Å². The van der Waals surface area contributed by atoms with Gasteiger partial charge in [-0.2, -0.15) is 0 Å². The van der Waals surface area contributed by atoms with Crippen LogP contribution in [-0.2, 0) is 4.79 Å². The fraction of sp³-hybridized carbons (Fsp3) is 0.462. The molecule has 3 atom stereocenters. The fourth-order valence-corrected chi connectivity index (χ4v) is 2.71. The lowest BCUT2D eigenvalue weighted by Gasteiger charge is -2.14. The van der Waals surface area contributed by atoms with Crippen LogP contribution in [-0.4, -0.2) is 11.1 Å². The average Bonchev–Trinajstić information content (AvgIpc) is 2.96. The molecular formula is C13H14ClFO2. The number of hydrogen-bond donors (Lipinski definition) is 1. The van der Waals surface area contributed by atoms with E-state index < -0.39 is 5.97 Å². The van der Waals surface area contributed by atoms with Gasteiger partial charge in [-0.3, -0.25) is 4.79 Å². The normalized spacial score (nSPS) is 24.4. The van der Waals surface area contributed by atoms with Crippen molar-refractivity contribution in [3.8, 4) is 0 Å². The molecule has 0 aromatic heterocycles. The van der Waals surface area contributed by atoms with Gasteiger partial charge in [0, 0.05) is 10.6 Å². The molecule has 1 aromatic rings.